The second-order valence-corrected chi connectivity index (χ2v) is 6.72. The summed E-state index contributed by atoms with van der Waals surface area (Å²) in [5.74, 6) is 0.540. The predicted octanol–water partition coefficient (Wildman–Crippen LogP) is 3.38. The molecular weight excluding hydrogens is 328 g/mol. The van der Waals surface area contributed by atoms with Crippen molar-refractivity contribution < 1.29 is 9.59 Å². The molecule has 0 atom stereocenters. The molecule has 0 aromatic heterocycles. The highest BCUT2D eigenvalue weighted by Gasteiger charge is 2.10. The fourth-order valence-electron chi connectivity index (χ4n) is 1.96. The molecule has 0 fully saturated rings. The average Bonchev–Trinajstić information content (AvgIpc) is 2.55. The molecular formula is C17H18N2O2S2. The van der Waals surface area contributed by atoms with Crippen LogP contribution in [-0.2, 0) is 10.5 Å². The highest BCUT2D eigenvalue weighted by Crippen LogP contribution is 2.27. The van der Waals surface area contributed by atoms with Gasteiger partial charge in [-0.15, -0.1) is 11.8 Å². The number of rotatable bonds is 7. The highest BCUT2D eigenvalue weighted by atomic mass is 32.2. The van der Waals surface area contributed by atoms with Crippen LogP contribution in [0, 0.1) is 0 Å². The minimum absolute atomic E-state index is 0.173. The van der Waals surface area contributed by atoms with Crippen LogP contribution in [0.25, 0.3) is 0 Å². The minimum atomic E-state index is -0.388. The first-order chi connectivity index (χ1) is 11.1. The molecule has 0 radical (unpaired) electrons. The molecule has 0 saturated carbocycles. The van der Waals surface area contributed by atoms with Crippen LogP contribution >= 0.6 is 23.5 Å². The fraction of sp³-hybridized carbons (Fsp3) is 0.176. The molecule has 0 saturated heterocycles. The second kappa shape index (κ2) is 8.64. The van der Waals surface area contributed by atoms with Crippen LogP contribution < -0.4 is 11.1 Å². The summed E-state index contributed by atoms with van der Waals surface area (Å²) in [7, 11) is 0. The lowest BCUT2D eigenvalue weighted by molar-refractivity contribution is -0.115. The Balaban J connectivity index is 2.09. The van der Waals surface area contributed by atoms with Gasteiger partial charge in [-0.05, 0) is 36.1 Å². The number of nitrogens with one attached hydrogen (secondary N) is 1. The number of carbonyl (C=O) groups is 2. The number of hydrogen-bond acceptors (Lipinski definition) is 4. The van der Waals surface area contributed by atoms with Crippen LogP contribution in [0.4, 0.5) is 5.69 Å². The summed E-state index contributed by atoms with van der Waals surface area (Å²) in [6, 6.07) is 14.9. The van der Waals surface area contributed by atoms with Crippen LogP contribution in [-0.4, -0.2) is 23.8 Å². The molecule has 0 aliphatic heterocycles. The third-order valence-electron chi connectivity index (χ3n) is 3.03. The summed E-state index contributed by atoms with van der Waals surface area (Å²) in [4.78, 5) is 24.1. The van der Waals surface area contributed by atoms with E-state index in [1.165, 1.54) is 17.3 Å². The molecule has 2 aromatic carbocycles. The standard InChI is InChI=1S/C17H18N2O2S2/c1-22-10-12-6-8-13(9-7-12)17(21)19-14-4-2-3-5-15(14)23-11-16(18)20/h2-9H,10-11H2,1H3,(H2,18,20)(H,19,21). The number of anilines is 1. The number of para-hydroxylation sites is 1. The molecule has 120 valence electrons. The maximum atomic E-state index is 12.4. The Morgan fingerprint density at radius 3 is 2.43 bits per heavy atom. The largest absolute Gasteiger partial charge is 0.369 e. The van der Waals surface area contributed by atoms with Crippen molar-refractivity contribution in [3.63, 3.8) is 0 Å². The Morgan fingerprint density at radius 1 is 1.09 bits per heavy atom. The van der Waals surface area contributed by atoms with Gasteiger partial charge in [-0.1, -0.05) is 24.3 Å². The lowest BCUT2D eigenvalue weighted by Crippen LogP contribution is -2.14. The topological polar surface area (TPSA) is 72.2 Å². The molecule has 0 heterocycles. The van der Waals surface area contributed by atoms with E-state index in [4.69, 9.17) is 5.73 Å². The van der Waals surface area contributed by atoms with E-state index in [1.807, 2.05) is 54.8 Å². The summed E-state index contributed by atoms with van der Waals surface area (Å²) in [5.41, 5.74) is 7.64. The Morgan fingerprint density at radius 2 is 1.78 bits per heavy atom. The lowest BCUT2D eigenvalue weighted by Gasteiger charge is -2.10. The summed E-state index contributed by atoms with van der Waals surface area (Å²) >= 11 is 3.05. The third kappa shape index (κ3) is 5.33. The summed E-state index contributed by atoms with van der Waals surface area (Å²) < 4.78 is 0. The van der Waals surface area contributed by atoms with Crippen molar-refractivity contribution >= 4 is 41.0 Å². The van der Waals surface area contributed by atoms with E-state index < -0.39 is 0 Å². The zero-order valence-corrected chi connectivity index (χ0v) is 14.4. The summed E-state index contributed by atoms with van der Waals surface area (Å²) in [6.07, 6.45) is 2.04. The Labute approximate surface area is 144 Å². The first-order valence-corrected chi connectivity index (χ1v) is 9.37. The maximum Gasteiger partial charge on any atom is 0.255 e. The fourth-order valence-corrected chi connectivity index (χ4v) is 3.23. The Kier molecular flexibility index (Phi) is 6.55. The molecule has 0 spiro atoms. The van der Waals surface area contributed by atoms with Crippen LogP contribution in [0.2, 0.25) is 0 Å². The molecule has 0 aliphatic carbocycles. The molecule has 2 aromatic rings. The zero-order valence-electron chi connectivity index (χ0n) is 12.7. The molecule has 2 amide bonds. The number of hydrogen-bond donors (Lipinski definition) is 2. The lowest BCUT2D eigenvalue weighted by atomic mass is 10.1. The number of carbonyl (C=O) groups excluding carboxylic acids is 2. The number of thioether (sulfide) groups is 2. The number of amides is 2. The normalized spacial score (nSPS) is 10.3. The van der Waals surface area contributed by atoms with E-state index in [0.717, 1.165) is 10.6 Å². The van der Waals surface area contributed by atoms with E-state index in [9.17, 15) is 9.59 Å². The van der Waals surface area contributed by atoms with Gasteiger partial charge < -0.3 is 11.1 Å². The smallest absolute Gasteiger partial charge is 0.255 e. The molecule has 0 aliphatic rings. The van der Waals surface area contributed by atoms with Crippen molar-refractivity contribution in [2.45, 2.75) is 10.6 Å². The molecule has 23 heavy (non-hydrogen) atoms. The van der Waals surface area contributed by atoms with Gasteiger partial charge in [-0.3, -0.25) is 9.59 Å². The van der Waals surface area contributed by atoms with Crippen molar-refractivity contribution in [1.29, 1.82) is 0 Å². The third-order valence-corrected chi connectivity index (χ3v) is 4.75. The van der Waals surface area contributed by atoms with E-state index in [0.29, 0.717) is 11.3 Å². The summed E-state index contributed by atoms with van der Waals surface area (Å²) in [6.45, 7) is 0. The highest BCUT2D eigenvalue weighted by molar-refractivity contribution is 8.00. The van der Waals surface area contributed by atoms with Crippen LogP contribution in [0.1, 0.15) is 15.9 Å². The van der Waals surface area contributed by atoms with Crippen molar-refractivity contribution in [2.75, 3.05) is 17.3 Å². The monoisotopic (exact) mass is 346 g/mol. The van der Waals surface area contributed by atoms with Crippen molar-refractivity contribution in [2.24, 2.45) is 5.73 Å². The van der Waals surface area contributed by atoms with E-state index in [-0.39, 0.29) is 17.6 Å². The first kappa shape index (κ1) is 17.4. The SMILES string of the molecule is CSCc1ccc(C(=O)Nc2ccccc2SCC(N)=O)cc1. The minimum Gasteiger partial charge on any atom is -0.369 e. The molecule has 0 unspecified atom stereocenters. The van der Waals surface area contributed by atoms with Gasteiger partial charge in [0.05, 0.1) is 11.4 Å². The Bertz CT molecular complexity index is 687. The molecule has 4 nitrogen and oxygen atoms in total. The van der Waals surface area contributed by atoms with Gasteiger partial charge in [-0.25, -0.2) is 0 Å². The van der Waals surface area contributed by atoms with Crippen molar-refractivity contribution in [3.8, 4) is 0 Å². The number of nitrogens with two attached hydrogens (primary N) is 1. The van der Waals surface area contributed by atoms with Gasteiger partial charge in [-0.2, -0.15) is 11.8 Å². The van der Waals surface area contributed by atoms with E-state index in [2.05, 4.69) is 5.32 Å². The number of primary amides is 1. The van der Waals surface area contributed by atoms with Gasteiger partial charge in [0.1, 0.15) is 0 Å². The van der Waals surface area contributed by atoms with Gasteiger partial charge in [0, 0.05) is 16.2 Å². The van der Waals surface area contributed by atoms with Gasteiger partial charge >= 0.3 is 0 Å². The van der Waals surface area contributed by atoms with Crippen molar-refractivity contribution in [3.05, 3.63) is 59.7 Å². The van der Waals surface area contributed by atoms with E-state index >= 15 is 0 Å². The summed E-state index contributed by atoms with van der Waals surface area (Å²) in [5, 5.41) is 2.88. The molecule has 6 heteroatoms. The van der Waals surface area contributed by atoms with Crippen LogP contribution in [0.3, 0.4) is 0 Å². The average molecular weight is 346 g/mol. The van der Waals surface area contributed by atoms with Gasteiger partial charge in [0.25, 0.3) is 5.91 Å². The molecule has 0 bridgehead atoms. The zero-order chi connectivity index (χ0) is 16.7. The maximum absolute atomic E-state index is 12.4. The first-order valence-electron chi connectivity index (χ1n) is 6.99. The van der Waals surface area contributed by atoms with Crippen LogP contribution in [0.5, 0.6) is 0 Å². The second-order valence-electron chi connectivity index (χ2n) is 4.84. The van der Waals surface area contributed by atoms with Gasteiger partial charge in [0.15, 0.2) is 0 Å². The van der Waals surface area contributed by atoms with Gasteiger partial charge in [0.2, 0.25) is 5.91 Å². The van der Waals surface area contributed by atoms with Crippen LogP contribution in [0.15, 0.2) is 53.4 Å². The predicted molar refractivity (Wildman–Crippen MR) is 98.0 cm³/mol. The number of benzene rings is 2. The van der Waals surface area contributed by atoms with Crippen molar-refractivity contribution in [1.82, 2.24) is 0 Å². The Hall–Kier alpha value is -1.92. The molecule has 3 N–H and O–H groups in total. The van der Waals surface area contributed by atoms with E-state index in [1.54, 1.807) is 11.8 Å². The molecule has 2 rings (SSSR count). The quantitative estimate of drug-likeness (QED) is 0.754.